The number of hydrogen-bond acceptors (Lipinski definition) is 1. The van der Waals surface area contributed by atoms with Gasteiger partial charge in [0, 0.05) is 0 Å². The number of carbonyl (C=O) groups is 1. The molecule has 4 rings (SSSR count). The van der Waals surface area contributed by atoms with E-state index < -0.39 is 0 Å². The first-order chi connectivity index (χ1) is 12.2. The molecule has 1 N–H and O–H groups in total. The average molecular weight is 333 g/mol. The lowest BCUT2D eigenvalue weighted by molar-refractivity contribution is -0.127. The van der Waals surface area contributed by atoms with Crippen molar-refractivity contribution in [3.05, 3.63) is 70.8 Å². The smallest absolute Gasteiger partial charge is 0.231 e. The topological polar surface area (TPSA) is 29.1 Å². The van der Waals surface area contributed by atoms with Gasteiger partial charge in [0.15, 0.2) is 0 Å². The van der Waals surface area contributed by atoms with Crippen molar-refractivity contribution >= 4 is 5.91 Å². The fraction of sp³-hybridized carbons (Fsp3) is 0.435. The molecule has 0 radical (unpaired) electrons. The number of amides is 1. The SMILES string of the molecule is CC(NC(=O)C1(c2ccccc2)CCCC1)c1ccc2c(c1)CCC2. The van der Waals surface area contributed by atoms with Crippen LogP contribution in [0.25, 0.3) is 0 Å². The van der Waals surface area contributed by atoms with E-state index in [2.05, 4.69) is 42.6 Å². The highest BCUT2D eigenvalue weighted by atomic mass is 16.2. The Kier molecular flexibility index (Phi) is 4.37. The van der Waals surface area contributed by atoms with Gasteiger partial charge in [-0.2, -0.15) is 0 Å². The fourth-order valence-electron chi connectivity index (χ4n) is 4.66. The molecule has 2 nitrogen and oxygen atoms in total. The number of fused-ring (bicyclic) bond motifs is 1. The van der Waals surface area contributed by atoms with Gasteiger partial charge in [0.1, 0.15) is 0 Å². The molecule has 0 aromatic heterocycles. The lowest BCUT2D eigenvalue weighted by atomic mass is 9.77. The molecular weight excluding hydrogens is 306 g/mol. The Morgan fingerprint density at radius 1 is 0.960 bits per heavy atom. The summed E-state index contributed by atoms with van der Waals surface area (Å²) in [5.74, 6) is 0.198. The van der Waals surface area contributed by atoms with Gasteiger partial charge in [-0.1, -0.05) is 61.4 Å². The molecule has 2 aromatic carbocycles. The van der Waals surface area contributed by atoms with E-state index in [4.69, 9.17) is 0 Å². The summed E-state index contributed by atoms with van der Waals surface area (Å²) < 4.78 is 0. The minimum Gasteiger partial charge on any atom is -0.349 e. The average Bonchev–Trinajstić information content (AvgIpc) is 3.31. The number of hydrogen-bond donors (Lipinski definition) is 1. The summed E-state index contributed by atoms with van der Waals surface area (Å²) in [6, 6.07) is 17.2. The summed E-state index contributed by atoms with van der Waals surface area (Å²) in [6.07, 6.45) is 7.83. The maximum atomic E-state index is 13.3. The van der Waals surface area contributed by atoms with Crippen LogP contribution in [0.15, 0.2) is 48.5 Å². The van der Waals surface area contributed by atoms with Crippen LogP contribution in [0.4, 0.5) is 0 Å². The maximum Gasteiger partial charge on any atom is 0.231 e. The van der Waals surface area contributed by atoms with E-state index in [0.717, 1.165) is 25.7 Å². The highest BCUT2D eigenvalue weighted by molar-refractivity contribution is 5.89. The van der Waals surface area contributed by atoms with E-state index in [1.807, 2.05) is 18.2 Å². The Labute approximate surface area is 150 Å². The molecule has 2 aromatic rings. The van der Waals surface area contributed by atoms with Crippen LogP contribution in [0, 0.1) is 0 Å². The second kappa shape index (κ2) is 6.67. The number of carbonyl (C=O) groups excluding carboxylic acids is 1. The Morgan fingerprint density at radius 3 is 2.44 bits per heavy atom. The quantitative estimate of drug-likeness (QED) is 0.850. The molecule has 0 bridgehead atoms. The van der Waals surface area contributed by atoms with Gasteiger partial charge in [0.2, 0.25) is 5.91 Å². The van der Waals surface area contributed by atoms with Crippen LogP contribution in [-0.2, 0) is 23.1 Å². The Hall–Kier alpha value is -2.09. The number of aryl methyl sites for hydroxylation is 2. The molecule has 1 fully saturated rings. The van der Waals surface area contributed by atoms with Gasteiger partial charge in [0.25, 0.3) is 0 Å². The summed E-state index contributed by atoms with van der Waals surface area (Å²) in [5.41, 5.74) is 5.02. The highest BCUT2D eigenvalue weighted by Gasteiger charge is 2.42. The third kappa shape index (κ3) is 2.99. The zero-order chi connectivity index (χ0) is 17.3. The van der Waals surface area contributed by atoms with E-state index in [0.29, 0.717) is 0 Å². The molecule has 1 amide bonds. The molecule has 2 aliphatic carbocycles. The van der Waals surface area contributed by atoms with Gasteiger partial charge < -0.3 is 5.32 Å². The highest BCUT2D eigenvalue weighted by Crippen LogP contribution is 2.41. The van der Waals surface area contributed by atoms with Gasteiger partial charge in [-0.15, -0.1) is 0 Å². The van der Waals surface area contributed by atoms with Crippen molar-refractivity contribution in [1.82, 2.24) is 5.32 Å². The summed E-state index contributed by atoms with van der Waals surface area (Å²) in [6.45, 7) is 2.11. The van der Waals surface area contributed by atoms with Gasteiger partial charge in [-0.05, 0) is 61.3 Å². The van der Waals surface area contributed by atoms with Crippen molar-refractivity contribution in [1.29, 1.82) is 0 Å². The molecule has 1 saturated carbocycles. The molecule has 2 aliphatic rings. The second-order valence-electron chi connectivity index (χ2n) is 7.73. The summed E-state index contributed by atoms with van der Waals surface area (Å²) in [4.78, 5) is 13.3. The molecule has 25 heavy (non-hydrogen) atoms. The number of nitrogens with one attached hydrogen (secondary N) is 1. The third-order valence-corrected chi connectivity index (χ3v) is 6.19. The van der Waals surface area contributed by atoms with Crippen LogP contribution >= 0.6 is 0 Å². The van der Waals surface area contributed by atoms with Crippen LogP contribution in [0.2, 0.25) is 0 Å². The minimum absolute atomic E-state index is 0.0552. The van der Waals surface area contributed by atoms with E-state index >= 15 is 0 Å². The molecule has 0 saturated heterocycles. The molecule has 130 valence electrons. The Balaban J connectivity index is 1.55. The third-order valence-electron chi connectivity index (χ3n) is 6.19. The van der Waals surface area contributed by atoms with Gasteiger partial charge in [0.05, 0.1) is 11.5 Å². The van der Waals surface area contributed by atoms with Crippen molar-refractivity contribution in [2.75, 3.05) is 0 Å². The largest absolute Gasteiger partial charge is 0.349 e. The lowest BCUT2D eigenvalue weighted by Crippen LogP contribution is -2.43. The van der Waals surface area contributed by atoms with Gasteiger partial charge >= 0.3 is 0 Å². The summed E-state index contributed by atoms with van der Waals surface area (Å²) in [5, 5.41) is 3.33. The molecule has 0 spiro atoms. The van der Waals surface area contributed by atoms with Crippen molar-refractivity contribution in [3.63, 3.8) is 0 Å². The monoisotopic (exact) mass is 333 g/mol. The molecule has 1 atom stereocenters. The zero-order valence-corrected chi connectivity index (χ0v) is 15.1. The minimum atomic E-state index is -0.341. The first kappa shape index (κ1) is 16.4. The molecule has 0 aliphatic heterocycles. The summed E-state index contributed by atoms with van der Waals surface area (Å²) in [7, 11) is 0. The first-order valence-electron chi connectivity index (χ1n) is 9.67. The van der Waals surface area contributed by atoms with Crippen LogP contribution in [0.3, 0.4) is 0 Å². The normalized spacial score (nSPS) is 19.4. The lowest BCUT2D eigenvalue weighted by Gasteiger charge is -2.30. The van der Waals surface area contributed by atoms with E-state index in [1.165, 1.54) is 41.5 Å². The van der Waals surface area contributed by atoms with Crippen LogP contribution in [-0.4, -0.2) is 5.91 Å². The number of benzene rings is 2. The van der Waals surface area contributed by atoms with Crippen molar-refractivity contribution in [2.24, 2.45) is 0 Å². The van der Waals surface area contributed by atoms with E-state index in [1.54, 1.807) is 0 Å². The van der Waals surface area contributed by atoms with Gasteiger partial charge in [-0.3, -0.25) is 4.79 Å². The Bertz CT molecular complexity index is 759. The fourth-order valence-corrected chi connectivity index (χ4v) is 4.66. The van der Waals surface area contributed by atoms with E-state index in [-0.39, 0.29) is 17.4 Å². The molecular formula is C23H27NO. The van der Waals surface area contributed by atoms with E-state index in [9.17, 15) is 4.79 Å². The second-order valence-corrected chi connectivity index (χ2v) is 7.73. The molecule has 2 heteroatoms. The Morgan fingerprint density at radius 2 is 1.68 bits per heavy atom. The molecule has 1 unspecified atom stereocenters. The summed E-state index contributed by atoms with van der Waals surface area (Å²) >= 11 is 0. The maximum absolute atomic E-state index is 13.3. The van der Waals surface area contributed by atoms with Crippen LogP contribution < -0.4 is 5.32 Å². The first-order valence-corrected chi connectivity index (χ1v) is 9.67. The van der Waals surface area contributed by atoms with Gasteiger partial charge in [-0.25, -0.2) is 0 Å². The van der Waals surface area contributed by atoms with Crippen molar-refractivity contribution in [2.45, 2.75) is 63.3 Å². The predicted octanol–water partition coefficient (Wildman–Crippen LogP) is 4.86. The van der Waals surface area contributed by atoms with Crippen LogP contribution in [0.5, 0.6) is 0 Å². The van der Waals surface area contributed by atoms with Crippen molar-refractivity contribution < 1.29 is 4.79 Å². The zero-order valence-electron chi connectivity index (χ0n) is 15.1. The standard InChI is InChI=1S/C23H27NO/c1-17(19-13-12-18-8-7-9-20(18)16-19)24-22(25)23(14-5-6-15-23)21-10-3-2-4-11-21/h2-4,10-13,16-17H,5-9,14-15H2,1H3,(H,24,25). The predicted molar refractivity (Wildman–Crippen MR) is 102 cm³/mol. The van der Waals surface area contributed by atoms with Crippen LogP contribution in [0.1, 0.15) is 67.3 Å². The molecule has 0 heterocycles. The number of rotatable bonds is 4. The van der Waals surface area contributed by atoms with Crippen molar-refractivity contribution in [3.8, 4) is 0 Å².